The minimum atomic E-state index is 0.527. The molecule has 0 unspecified atom stereocenters. The van der Waals surface area contributed by atoms with E-state index in [9.17, 15) is 0 Å². The van der Waals surface area contributed by atoms with Gasteiger partial charge in [-0.2, -0.15) is 0 Å². The second-order valence-electron chi connectivity index (χ2n) is 1.90. The lowest BCUT2D eigenvalue weighted by Gasteiger charge is -1.97. The molecule has 0 N–H and O–H groups in total. The van der Waals surface area contributed by atoms with E-state index in [0.717, 1.165) is 11.3 Å². The van der Waals surface area contributed by atoms with Crippen molar-refractivity contribution in [2.75, 3.05) is 14.2 Å². The van der Waals surface area contributed by atoms with E-state index in [2.05, 4.69) is 0 Å². The first-order valence-electron chi connectivity index (χ1n) is 2.96. The summed E-state index contributed by atoms with van der Waals surface area (Å²) in [7, 11) is 3.23. The number of methoxy groups -OCH3 is 2. The van der Waals surface area contributed by atoms with Crippen LogP contribution in [-0.4, -0.2) is 14.2 Å². The van der Waals surface area contributed by atoms with Crippen molar-refractivity contribution < 1.29 is 13.9 Å². The molecule has 0 spiro atoms. The van der Waals surface area contributed by atoms with Gasteiger partial charge in [0.1, 0.15) is 6.26 Å². The van der Waals surface area contributed by atoms with Crippen LogP contribution in [-0.2, 0) is 11.3 Å². The number of rotatable bonds is 3. The molecule has 0 bridgehead atoms. The smallest absolute Gasteiger partial charge is 0.162 e. The van der Waals surface area contributed by atoms with E-state index >= 15 is 0 Å². The summed E-state index contributed by atoms with van der Waals surface area (Å²) >= 11 is 0. The molecule has 0 aliphatic rings. The molecular formula is C7H10O3. The molecule has 0 saturated carbocycles. The number of hydrogen-bond donors (Lipinski definition) is 0. The highest BCUT2D eigenvalue weighted by Crippen LogP contribution is 2.19. The van der Waals surface area contributed by atoms with Gasteiger partial charge in [0.2, 0.25) is 0 Å². The van der Waals surface area contributed by atoms with Gasteiger partial charge in [-0.15, -0.1) is 0 Å². The molecule has 0 amide bonds. The van der Waals surface area contributed by atoms with Crippen LogP contribution in [0.1, 0.15) is 5.56 Å². The summed E-state index contributed by atoms with van der Waals surface area (Å²) in [5.74, 6) is 0.738. The van der Waals surface area contributed by atoms with Gasteiger partial charge in [0.15, 0.2) is 5.75 Å². The number of furan rings is 1. The number of hydrogen-bond acceptors (Lipinski definition) is 3. The average molecular weight is 142 g/mol. The van der Waals surface area contributed by atoms with Gasteiger partial charge in [-0.1, -0.05) is 0 Å². The maximum atomic E-state index is 4.96. The third kappa shape index (κ3) is 1.30. The fraction of sp³-hybridized carbons (Fsp3) is 0.429. The summed E-state index contributed by atoms with van der Waals surface area (Å²) < 4.78 is 14.7. The van der Waals surface area contributed by atoms with Gasteiger partial charge >= 0.3 is 0 Å². The normalized spacial score (nSPS) is 9.80. The summed E-state index contributed by atoms with van der Waals surface area (Å²) in [4.78, 5) is 0. The van der Waals surface area contributed by atoms with Crippen molar-refractivity contribution in [3.8, 4) is 5.75 Å². The molecule has 0 aliphatic heterocycles. The van der Waals surface area contributed by atoms with E-state index in [0.29, 0.717) is 6.61 Å². The zero-order chi connectivity index (χ0) is 7.40. The average Bonchev–Trinajstić information content (AvgIpc) is 2.36. The van der Waals surface area contributed by atoms with Gasteiger partial charge in [-0.25, -0.2) is 0 Å². The van der Waals surface area contributed by atoms with E-state index in [4.69, 9.17) is 13.9 Å². The SMILES string of the molecule is COCc1cocc1OC. The highest BCUT2D eigenvalue weighted by molar-refractivity contribution is 5.26. The van der Waals surface area contributed by atoms with Gasteiger partial charge < -0.3 is 13.9 Å². The Labute approximate surface area is 59.5 Å². The Morgan fingerprint density at radius 3 is 2.80 bits per heavy atom. The first-order chi connectivity index (χ1) is 4.88. The molecule has 3 nitrogen and oxygen atoms in total. The van der Waals surface area contributed by atoms with Gasteiger partial charge in [0.05, 0.1) is 25.5 Å². The molecule has 1 heterocycles. The van der Waals surface area contributed by atoms with E-state index in [-0.39, 0.29) is 0 Å². The third-order valence-electron chi connectivity index (χ3n) is 1.22. The van der Waals surface area contributed by atoms with Crippen LogP contribution in [0.15, 0.2) is 16.9 Å². The van der Waals surface area contributed by atoms with Crippen LogP contribution in [0.25, 0.3) is 0 Å². The van der Waals surface area contributed by atoms with Gasteiger partial charge in [-0.05, 0) is 0 Å². The zero-order valence-corrected chi connectivity index (χ0v) is 6.09. The molecule has 0 aromatic carbocycles. The second-order valence-corrected chi connectivity index (χ2v) is 1.90. The summed E-state index contributed by atoms with van der Waals surface area (Å²) in [5, 5.41) is 0. The molecule has 1 rings (SSSR count). The van der Waals surface area contributed by atoms with Crippen LogP contribution < -0.4 is 4.74 Å². The standard InChI is InChI=1S/C7H10O3/c1-8-3-6-4-10-5-7(6)9-2/h4-5H,3H2,1-2H3. The molecule has 1 aromatic rings. The van der Waals surface area contributed by atoms with Crippen molar-refractivity contribution in [2.45, 2.75) is 6.61 Å². The Morgan fingerprint density at radius 2 is 2.20 bits per heavy atom. The molecule has 56 valence electrons. The largest absolute Gasteiger partial charge is 0.493 e. The lowest BCUT2D eigenvalue weighted by atomic mass is 10.3. The second kappa shape index (κ2) is 3.27. The van der Waals surface area contributed by atoms with Gasteiger partial charge in [-0.3, -0.25) is 0 Å². The van der Waals surface area contributed by atoms with Crippen LogP contribution in [0.4, 0.5) is 0 Å². The van der Waals surface area contributed by atoms with Gasteiger partial charge in [0, 0.05) is 7.11 Å². The molecule has 0 aliphatic carbocycles. The van der Waals surface area contributed by atoms with Crippen LogP contribution >= 0.6 is 0 Å². The summed E-state index contributed by atoms with van der Waals surface area (Å²) in [6.07, 6.45) is 3.16. The van der Waals surface area contributed by atoms with Crippen LogP contribution in [0.2, 0.25) is 0 Å². The maximum absolute atomic E-state index is 4.96. The van der Waals surface area contributed by atoms with Crippen molar-refractivity contribution in [3.63, 3.8) is 0 Å². The molecule has 10 heavy (non-hydrogen) atoms. The van der Waals surface area contributed by atoms with Crippen LogP contribution in [0.3, 0.4) is 0 Å². The molecule has 0 atom stereocenters. The predicted octanol–water partition coefficient (Wildman–Crippen LogP) is 1.43. The van der Waals surface area contributed by atoms with Crippen molar-refractivity contribution >= 4 is 0 Å². The van der Waals surface area contributed by atoms with Crippen molar-refractivity contribution in [2.24, 2.45) is 0 Å². The van der Waals surface area contributed by atoms with Crippen molar-refractivity contribution in [3.05, 3.63) is 18.1 Å². The topological polar surface area (TPSA) is 31.6 Å². The van der Waals surface area contributed by atoms with Gasteiger partial charge in [0.25, 0.3) is 0 Å². The zero-order valence-electron chi connectivity index (χ0n) is 6.09. The fourth-order valence-electron chi connectivity index (χ4n) is 0.752. The van der Waals surface area contributed by atoms with Crippen LogP contribution in [0.5, 0.6) is 5.75 Å². The first kappa shape index (κ1) is 7.15. The molecule has 3 heteroatoms. The van der Waals surface area contributed by atoms with Crippen molar-refractivity contribution in [1.29, 1.82) is 0 Å². The van der Waals surface area contributed by atoms with Crippen molar-refractivity contribution in [1.82, 2.24) is 0 Å². The molecule has 0 fully saturated rings. The lowest BCUT2D eigenvalue weighted by molar-refractivity contribution is 0.181. The Kier molecular flexibility index (Phi) is 2.34. The lowest BCUT2D eigenvalue weighted by Crippen LogP contribution is -1.88. The van der Waals surface area contributed by atoms with E-state index in [1.807, 2.05) is 0 Å². The van der Waals surface area contributed by atoms with Crippen LogP contribution in [0, 0.1) is 0 Å². The molecule has 1 aromatic heterocycles. The van der Waals surface area contributed by atoms with E-state index in [1.165, 1.54) is 0 Å². The minimum Gasteiger partial charge on any atom is -0.493 e. The highest BCUT2D eigenvalue weighted by atomic mass is 16.5. The maximum Gasteiger partial charge on any atom is 0.162 e. The molecular weight excluding hydrogens is 132 g/mol. The quantitative estimate of drug-likeness (QED) is 0.639. The summed E-state index contributed by atoms with van der Waals surface area (Å²) in [6, 6.07) is 0. The minimum absolute atomic E-state index is 0.527. The Morgan fingerprint density at radius 1 is 1.40 bits per heavy atom. The monoisotopic (exact) mass is 142 g/mol. The third-order valence-corrected chi connectivity index (χ3v) is 1.22. The fourth-order valence-corrected chi connectivity index (χ4v) is 0.752. The molecule has 0 saturated heterocycles. The highest BCUT2D eigenvalue weighted by Gasteiger charge is 2.02. The Hall–Kier alpha value is -0.960. The molecule has 0 radical (unpaired) electrons. The number of ether oxygens (including phenoxy) is 2. The summed E-state index contributed by atoms with van der Waals surface area (Å²) in [5.41, 5.74) is 0.935. The Balaban J connectivity index is 2.70. The summed E-state index contributed by atoms with van der Waals surface area (Å²) in [6.45, 7) is 0.527. The van der Waals surface area contributed by atoms with E-state index in [1.54, 1.807) is 26.7 Å². The predicted molar refractivity (Wildman–Crippen MR) is 36.0 cm³/mol. The Bertz CT molecular complexity index is 192. The first-order valence-corrected chi connectivity index (χ1v) is 2.96. The van der Waals surface area contributed by atoms with E-state index < -0.39 is 0 Å².